The van der Waals surface area contributed by atoms with E-state index in [0.29, 0.717) is 0 Å². The lowest BCUT2D eigenvalue weighted by atomic mass is 9.99. The minimum atomic E-state index is 0.971. The summed E-state index contributed by atoms with van der Waals surface area (Å²) in [7, 11) is 0. The summed E-state index contributed by atoms with van der Waals surface area (Å²) in [5.74, 6) is 0. The van der Waals surface area contributed by atoms with Crippen LogP contribution in [0.4, 0.5) is 0 Å². The van der Waals surface area contributed by atoms with Crippen LogP contribution in [0.25, 0.3) is 143 Å². The highest BCUT2D eigenvalue weighted by Crippen LogP contribution is 2.43. The first-order valence-electron chi connectivity index (χ1n) is 27.2. The van der Waals surface area contributed by atoms with Crippen LogP contribution in [0, 0.1) is 0 Å². The summed E-state index contributed by atoms with van der Waals surface area (Å²) >= 11 is 0. The Bertz CT molecular complexity index is 5240. The van der Waals surface area contributed by atoms with Gasteiger partial charge in [0.05, 0.1) is 33.1 Å². The highest BCUT2D eigenvalue weighted by Gasteiger charge is 2.21. The lowest BCUT2D eigenvalue weighted by Crippen LogP contribution is -1.95. The van der Waals surface area contributed by atoms with E-state index in [9.17, 15) is 0 Å². The zero-order valence-corrected chi connectivity index (χ0v) is 43.4. The second kappa shape index (κ2) is 18.4. The van der Waals surface area contributed by atoms with Crippen LogP contribution in [0.3, 0.4) is 0 Å². The van der Waals surface area contributed by atoms with Crippen molar-refractivity contribution >= 4 is 98.3 Å². The van der Waals surface area contributed by atoms with Gasteiger partial charge in [0.15, 0.2) is 0 Å². The highest BCUT2D eigenvalue weighted by atomic mass is 15.1. The Labute approximate surface area is 460 Å². The van der Waals surface area contributed by atoms with Crippen LogP contribution >= 0.6 is 0 Å². The SMILES string of the molecule is c1ccc(-n2c3ccccc3c3c(-c4ccc5c(c4)c4ccccc4n5-c4ccc5ccccc5c4)ccnc32)cc1.c1ccc(-n2c3ccccc3c3cc(-c4ccnc5c4c4ccccc4n5-c4ccccc4)ccc32)cc1. The molecule has 0 unspecified atom stereocenters. The predicted octanol–water partition coefficient (Wildman–Crippen LogP) is 19.0. The van der Waals surface area contributed by atoms with Crippen molar-refractivity contribution < 1.29 is 0 Å². The largest absolute Gasteiger partial charge is 0.309 e. The Morgan fingerprint density at radius 3 is 1.06 bits per heavy atom. The second-order valence-electron chi connectivity index (χ2n) is 20.5. The molecule has 0 N–H and O–H groups in total. The van der Waals surface area contributed by atoms with Crippen molar-refractivity contribution in [2.45, 2.75) is 0 Å². The molecule has 6 heteroatoms. The molecule has 0 atom stereocenters. The molecular weight excluding hydrogens is 973 g/mol. The van der Waals surface area contributed by atoms with Crippen LogP contribution in [0.1, 0.15) is 0 Å². The van der Waals surface area contributed by atoms with Crippen LogP contribution in [-0.4, -0.2) is 28.2 Å². The van der Waals surface area contributed by atoms with Crippen molar-refractivity contribution in [3.63, 3.8) is 0 Å². The number of para-hydroxylation sites is 7. The summed E-state index contributed by atoms with van der Waals surface area (Å²) in [6, 6.07) is 99.6. The molecule has 0 aliphatic heterocycles. The van der Waals surface area contributed by atoms with Crippen molar-refractivity contribution in [3.8, 4) is 45.0 Å². The molecule has 0 radical (unpaired) electrons. The van der Waals surface area contributed by atoms with Crippen LogP contribution < -0.4 is 0 Å². The minimum Gasteiger partial charge on any atom is -0.309 e. The number of aromatic nitrogens is 6. The average molecular weight is 1020 g/mol. The van der Waals surface area contributed by atoms with Crippen LogP contribution in [0.2, 0.25) is 0 Å². The lowest BCUT2D eigenvalue weighted by molar-refractivity contribution is 1.14. The summed E-state index contributed by atoms with van der Waals surface area (Å²) in [4.78, 5) is 9.82. The minimum absolute atomic E-state index is 0.971. The average Bonchev–Trinajstić information content (AvgIpc) is 4.47. The number of nitrogens with zero attached hydrogens (tertiary/aromatic N) is 6. The van der Waals surface area contributed by atoms with E-state index < -0.39 is 0 Å². The summed E-state index contributed by atoms with van der Waals surface area (Å²) in [5.41, 5.74) is 18.4. The Morgan fingerprint density at radius 2 is 0.588 bits per heavy atom. The van der Waals surface area contributed by atoms with E-state index in [1.165, 1.54) is 110 Å². The van der Waals surface area contributed by atoms with Crippen molar-refractivity contribution in [1.82, 2.24) is 28.2 Å². The first kappa shape index (κ1) is 45.4. The quantitative estimate of drug-likeness (QED) is 0.167. The van der Waals surface area contributed by atoms with Crippen molar-refractivity contribution in [2.75, 3.05) is 0 Å². The zero-order chi connectivity index (χ0) is 52.7. The van der Waals surface area contributed by atoms with Crippen LogP contribution in [-0.2, 0) is 0 Å². The Kier molecular flexibility index (Phi) is 10.5. The van der Waals surface area contributed by atoms with Gasteiger partial charge in [0.2, 0.25) is 0 Å². The molecule has 11 aromatic carbocycles. The second-order valence-corrected chi connectivity index (χ2v) is 20.5. The molecule has 0 saturated heterocycles. The van der Waals surface area contributed by atoms with Gasteiger partial charge < -0.3 is 9.13 Å². The van der Waals surface area contributed by atoms with Gasteiger partial charge in [0.1, 0.15) is 11.3 Å². The predicted molar refractivity (Wildman–Crippen MR) is 334 cm³/mol. The van der Waals surface area contributed by atoms with Crippen molar-refractivity contribution in [2.24, 2.45) is 0 Å². The van der Waals surface area contributed by atoms with Crippen molar-refractivity contribution in [3.05, 3.63) is 291 Å². The molecule has 17 rings (SSSR count). The summed E-state index contributed by atoms with van der Waals surface area (Å²) in [5, 5.41) is 12.3. The van der Waals surface area contributed by atoms with Gasteiger partial charge in [-0.2, -0.15) is 0 Å². The van der Waals surface area contributed by atoms with Gasteiger partial charge in [-0.15, -0.1) is 0 Å². The molecule has 0 amide bonds. The third-order valence-electron chi connectivity index (χ3n) is 16.1. The first-order valence-corrected chi connectivity index (χ1v) is 27.2. The van der Waals surface area contributed by atoms with E-state index in [0.717, 1.165) is 33.7 Å². The number of rotatable bonds is 6. The Hall–Kier alpha value is -10.8. The van der Waals surface area contributed by atoms with Gasteiger partial charge >= 0.3 is 0 Å². The summed E-state index contributed by atoms with van der Waals surface area (Å²) in [6.07, 6.45) is 3.88. The molecule has 0 aliphatic rings. The third-order valence-corrected chi connectivity index (χ3v) is 16.1. The molecule has 17 aromatic rings. The fraction of sp³-hybridized carbons (Fsp3) is 0. The molecular formula is C74H48N6. The molecule has 0 saturated carbocycles. The first-order chi connectivity index (χ1) is 39.7. The van der Waals surface area contributed by atoms with Crippen LogP contribution in [0.15, 0.2) is 291 Å². The molecule has 80 heavy (non-hydrogen) atoms. The Morgan fingerprint density at radius 1 is 0.225 bits per heavy atom. The topological polar surface area (TPSA) is 45.5 Å². The van der Waals surface area contributed by atoms with E-state index in [2.05, 4.69) is 297 Å². The number of pyridine rings is 2. The fourth-order valence-electron chi connectivity index (χ4n) is 12.6. The Balaban J connectivity index is 0.000000133. The molecule has 0 bridgehead atoms. The van der Waals surface area contributed by atoms with E-state index in [1.54, 1.807) is 0 Å². The van der Waals surface area contributed by atoms with Gasteiger partial charge in [0.25, 0.3) is 0 Å². The van der Waals surface area contributed by atoms with Gasteiger partial charge in [-0.05, 0) is 142 Å². The molecule has 6 aromatic heterocycles. The molecule has 0 spiro atoms. The number of hydrogen-bond donors (Lipinski definition) is 0. The number of benzene rings is 11. The van der Waals surface area contributed by atoms with E-state index in [-0.39, 0.29) is 0 Å². The zero-order valence-electron chi connectivity index (χ0n) is 43.4. The molecule has 374 valence electrons. The molecule has 6 heterocycles. The van der Waals surface area contributed by atoms with Gasteiger partial charge in [-0.25, -0.2) is 9.97 Å². The lowest BCUT2D eigenvalue weighted by Gasteiger charge is -2.10. The summed E-state index contributed by atoms with van der Waals surface area (Å²) < 4.78 is 9.30. The van der Waals surface area contributed by atoms with Gasteiger partial charge in [-0.1, -0.05) is 170 Å². The third kappa shape index (κ3) is 7.13. The molecule has 6 nitrogen and oxygen atoms in total. The van der Waals surface area contributed by atoms with Crippen molar-refractivity contribution in [1.29, 1.82) is 0 Å². The van der Waals surface area contributed by atoms with Gasteiger partial charge in [0, 0.05) is 78.2 Å². The molecule has 0 fully saturated rings. The number of fused-ring (bicyclic) bond motifs is 13. The maximum absolute atomic E-state index is 4.92. The van der Waals surface area contributed by atoms with E-state index >= 15 is 0 Å². The monoisotopic (exact) mass is 1020 g/mol. The normalized spacial score (nSPS) is 11.8. The van der Waals surface area contributed by atoms with Crippen LogP contribution in [0.5, 0.6) is 0 Å². The summed E-state index contributed by atoms with van der Waals surface area (Å²) in [6.45, 7) is 0. The standard InChI is InChI=1S/C39H25N3.C35H23N3/c1-2-12-29(13-3-1)42-36-17-9-7-15-33(36)38-31(22-23-40-39(38)42)28-19-21-37-34(25-28)32-14-6-8-16-35(32)41(37)30-20-18-26-10-4-5-11-27(26)24-30;1-3-11-25(12-4-1)37-31-17-9-7-15-28(31)30-23-24(19-20-33(30)37)27-21-22-36-35-34(27)29-16-8-10-18-32(29)38(35)26-13-5-2-6-14-26/h1-25H;1-23H. The molecule has 0 aliphatic carbocycles. The highest BCUT2D eigenvalue weighted by molar-refractivity contribution is 6.18. The number of hydrogen-bond acceptors (Lipinski definition) is 2. The fourth-order valence-corrected chi connectivity index (χ4v) is 12.6. The smallest absolute Gasteiger partial charge is 0.146 e. The van der Waals surface area contributed by atoms with E-state index in [1.807, 2.05) is 12.4 Å². The maximum atomic E-state index is 4.92. The maximum Gasteiger partial charge on any atom is 0.146 e. The van der Waals surface area contributed by atoms with E-state index in [4.69, 9.17) is 9.97 Å². The van der Waals surface area contributed by atoms with Gasteiger partial charge in [-0.3, -0.25) is 9.13 Å².